The molecule has 1 aliphatic rings. The molecule has 1 fully saturated rings. The van der Waals surface area contributed by atoms with Crippen molar-refractivity contribution in [3.8, 4) is 0 Å². The van der Waals surface area contributed by atoms with E-state index in [2.05, 4.69) is 0 Å². The fraction of sp³-hybridized carbons (Fsp3) is 0.833. The minimum atomic E-state index is -0.568. The van der Waals surface area contributed by atoms with Gasteiger partial charge in [0, 0.05) is 0 Å². The zero-order valence-electron chi connectivity index (χ0n) is 11.9. The van der Waals surface area contributed by atoms with Gasteiger partial charge in [0.1, 0.15) is 0 Å². The molecule has 0 aromatic carbocycles. The van der Waals surface area contributed by atoms with E-state index in [9.17, 15) is 9.59 Å². The van der Waals surface area contributed by atoms with Crippen LogP contribution in [-0.2, 0) is 14.2 Å². The number of carbonyl (C=O) groups excluding carboxylic acids is 2. The molecule has 1 rings (SSSR count). The van der Waals surface area contributed by atoms with Crippen LogP contribution in [0.15, 0.2) is 0 Å². The summed E-state index contributed by atoms with van der Waals surface area (Å²) >= 11 is 0. The van der Waals surface area contributed by atoms with Crippen molar-refractivity contribution in [1.82, 2.24) is 10.0 Å². The number of nitrogens with zero attached hydrogens (tertiary/aromatic N) is 2. The highest BCUT2D eigenvalue weighted by Crippen LogP contribution is 2.10. The molecule has 7 nitrogen and oxygen atoms in total. The number of hydrogen-bond donors (Lipinski definition) is 0. The van der Waals surface area contributed by atoms with Gasteiger partial charge in [0.05, 0.1) is 38.5 Å². The van der Waals surface area contributed by atoms with Gasteiger partial charge in [-0.15, -0.1) is 0 Å². The third-order valence-electron chi connectivity index (χ3n) is 2.28. The minimum absolute atomic E-state index is 0.250. The lowest BCUT2D eigenvalue weighted by molar-refractivity contribution is -0.0286. The third kappa shape index (κ3) is 4.94. The summed E-state index contributed by atoms with van der Waals surface area (Å²) in [7, 11) is 0. The van der Waals surface area contributed by atoms with Gasteiger partial charge in [0.2, 0.25) is 0 Å². The van der Waals surface area contributed by atoms with Crippen LogP contribution in [0.2, 0.25) is 0 Å². The molecule has 0 atom stereocenters. The molecule has 110 valence electrons. The molecule has 0 radical (unpaired) electrons. The van der Waals surface area contributed by atoms with Crippen LogP contribution >= 0.6 is 0 Å². The summed E-state index contributed by atoms with van der Waals surface area (Å²) in [5, 5.41) is 2.47. The maximum absolute atomic E-state index is 12.0. The van der Waals surface area contributed by atoms with E-state index in [1.54, 1.807) is 27.7 Å². The standard InChI is InChI=1S/C12H22N2O5/c1-9(2)18-11(15)13-5-7-17-8-6-14(13)12(16)19-10(3)4/h9-10H,5-8H2,1-4H3. The van der Waals surface area contributed by atoms with E-state index in [-0.39, 0.29) is 25.3 Å². The number of amides is 2. The normalized spacial score (nSPS) is 16.5. The van der Waals surface area contributed by atoms with Crippen LogP contribution in [0.4, 0.5) is 9.59 Å². The average molecular weight is 274 g/mol. The molecule has 7 heteroatoms. The fourth-order valence-electron chi connectivity index (χ4n) is 1.55. The second-order valence-corrected chi connectivity index (χ2v) is 4.72. The van der Waals surface area contributed by atoms with Gasteiger partial charge in [-0.2, -0.15) is 0 Å². The quantitative estimate of drug-likeness (QED) is 0.765. The van der Waals surface area contributed by atoms with E-state index < -0.39 is 12.2 Å². The molecule has 1 heterocycles. The molecule has 19 heavy (non-hydrogen) atoms. The Kier molecular flexibility index (Phi) is 5.88. The topological polar surface area (TPSA) is 68.3 Å². The Morgan fingerprint density at radius 3 is 1.58 bits per heavy atom. The Morgan fingerprint density at radius 1 is 0.895 bits per heavy atom. The van der Waals surface area contributed by atoms with Crippen molar-refractivity contribution in [3.63, 3.8) is 0 Å². The summed E-state index contributed by atoms with van der Waals surface area (Å²) in [5.74, 6) is 0. The summed E-state index contributed by atoms with van der Waals surface area (Å²) in [6.07, 6.45) is -1.64. The molecule has 0 spiro atoms. The molecule has 1 saturated heterocycles. The van der Waals surface area contributed by atoms with Crippen LogP contribution in [0.1, 0.15) is 27.7 Å². The van der Waals surface area contributed by atoms with Crippen molar-refractivity contribution in [2.45, 2.75) is 39.9 Å². The van der Waals surface area contributed by atoms with Crippen molar-refractivity contribution in [1.29, 1.82) is 0 Å². The molecule has 0 bridgehead atoms. The largest absolute Gasteiger partial charge is 0.445 e. The number of hydrazine groups is 1. The minimum Gasteiger partial charge on any atom is -0.445 e. The number of carbonyl (C=O) groups is 2. The Hall–Kier alpha value is -1.50. The van der Waals surface area contributed by atoms with Gasteiger partial charge in [-0.1, -0.05) is 0 Å². The first-order chi connectivity index (χ1) is 8.91. The molecule has 0 unspecified atom stereocenters. The second-order valence-electron chi connectivity index (χ2n) is 4.72. The molecule has 0 aromatic rings. The second kappa shape index (κ2) is 7.18. The van der Waals surface area contributed by atoms with Crippen LogP contribution in [-0.4, -0.2) is 60.7 Å². The van der Waals surface area contributed by atoms with E-state index in [0.29, 0.717) is 13.2 Å². The molecule has 0 aromatic heterocycles. The van der Waals surface area contributed by atoms with E-state index in [1.165, 1.54) is 10.0 Å². The van der Waals surface area contributed by atoms with Crippen LogP contribution in [0, 0.1) is 0 Å². The molecule has 0 aliphatic carbocycles. The SMILES string of the molecule is CC(C)OC(=O)N1CCOCCN1C(=O)OC(C)C. The average Bonchev–Trinajstić information content (AvgIpc) is 2.51. The zero-order chi connectivity index (χ0) is 14.4. The van der Waals surface area contributed by atoms with E-state index in [0.717, 1.165) is 0 Å². The Bertz CT molecular complexity index is 289. The lowest BCUT2D eigenvalue weighted by Crippen LogP contribution is -2.51. The van der Waals surface area contributed by atoms with Crippen LogP contribution in [0.3, 0.4) is 0 Å². The highest BCUT2D eigenvalue weighted by Gasteiger charge is 2.30. The maximum atomic E-state index is 12.0. The zero-order valence-corrected chi connectivity index (χ0v) is 11.9. The van der Waals surface area contributed by atoms with Gasteiger partial charge >= 0.3 is 12.2 Å². The van der Waals surface area contributed by atoms with Crippen molar-refractivity contribution in [2.75, 3.05) is 26.3 Å². The van der Waals surface area contributed by atoms with E-state index >= 15 is 0 Å². The van der Waals surface area contributed by atoms with Crippen molar-refractivity contribution in [3.05, 3.63) is 0 Å². The highest BCUT2D eigenvalue weighted by molar-refractivity contribution is 5.74. The summed E-state index contributed by atoms with van der Waals surface area (Å²) in [5.41, 5.74) is 0. The van der Waals surface area contributed by atoms with Gasteiger partial charge in [0.15, 0.2) is 0 Å². The van der Waals surface area contributed by atoms with Crippen molar-refractivity contribution < 1.29 is 23.8 Å². The smallest absolute Gasteiger partial charge is 0.429 e. The molecule has 0 saturated carbocycles. The lowest BCUT2D eigenvalue weighted by Gasteiger charge is -2.31. The van der Waals surface area contributed by atoms with Crippen LogP contribution < -0.4 is 0 Å². The summed E-state index contributed by atoms with van der Waals surface area (Å²) in [4.78, 5) is 23.9. The monoisotopic (exact) mass is 274 g/mol. The highest BCUT2D eigenvalue weighted by atomic mass is 16.6. The maximum Gasteiger partial charge on any atom is 0.429 e. The van der Waals surface area contributed by atoms with Crippen molar-refractivity contribution >= 4 is 12.2 Å². The predicted octanol–water partition coefficient (Wildman–Crippen LogP) is 1.63. The summed E-state index contributed by atoms with van der Waals surface area (Å²) in [6.45, 7) is 8.26. The molecular formula is C12H22N2O5. The first kappa shape index (κ1) is 15.6. The third-order valence-corrected chi connectivity index (χ3v) is 2.28. The fourth-order valence-corrected chi connectivity index (χ4v) is 1.55. The van der Waals surface area contributed by atoms with E-state index in [4.69, 9.17) is 14.2 Å². The molecule has 2 amide bonds. The van der Waals surface area contributed by atoms with Gasteiger partial charge in [0.25, 0.3) is 0 Å². The Labute approximate surface area is 113 Å². The Morgan fingerprint density at radius 2 is 1.26 bits per heavy atom. The van der Waals surface area contributed by atoms with Gasteiger partial charge < -0.3 is 14.2 Å². The number of rotatable bonds is 2. The number of ether oxygens (including phenoxy) is 3. The Balaban J connectivity index is 2.76. The lowest BCUT2D eigenvalue weighted by atomic mass is 10.5. The van der Waals surface area contributed by atoms with Crippen LogP contribution in [0.25, 0.3) is 0 Å². The van der Waals surface area contributed by atoms with Crippen LogP contribution in [0.5, 0.6) is 0 Å². The molecular weight excluding hydrogens is 252 g/mol. The molecule has 0 N–H and O–H groups in total. The van der Waals surface area contributed by atoms with E-state index in [1.807, 2.05) is 0 Å². The van der Waals surface area contributed by atoms with Gasteiger partial charge in [-0.3, -0.25) is 0 Å². The summed E-state index contributed by atoms with van der Waals surface area (Å²) in [6, 6.07) is 0. The predicted molar refractivity (Wildman–Crippen MR) is 67.5 cm³/mol. The van der Waals surface area contributed by atoms with Gasteiger partial charge in [-0.25, -0.2) is 19.6 Å². The first-order valence-corrected chi connectivity index (χ1v) is 6.45. The summed E-state index contributed by atoms with van der Waals surface area (Å²) < 4.78 is 15.5. The number of hydrogen-bond acceptors (Lipinski definition) is 5. The van der Waals surface area contributed by atoms with Crippen molar-refractivity contribution in [2.24, 2.45) is 0 Å². The first-order valence-electron chi connectivity index (χ1n) is 6.45. The van der Waals surface area contributed by atoms with Gasteiger partial charge in [-0.05, 0) is 27.7 Å². The molecule has 1 aliphatic heterocycles.